The summed E-state index contributed by atoms with van der Waals surface area (Å²) in [5.74, 6) is -5.28. The quantitative estimate of drug-likeness (QED) is 0.289. The lowest BCUT2D eigenvalue weighted by Crippen LogP contribution is -2.56. The van der Waals surface area contributed by atoms with Crippen molar-refractivity contribution < 1.29 is 32.3 Å². The fourth-order valence-electron chi connectivity index (χ4n) is 4.85. The third-order valence-corrected chi connectivity index (χ3v) is 7.00. The van der Waals surface area contributed by atoms with Gasteiger partial charge in [0.1, 0.15) is 17.9 Å². The second-order valence-electron chi connectivity index (χ2n) is 9.31. The van der Waals surface area contributed by atoms with Crippen molar-refractivity contribution in [3.05, 3.63) is 75.4 Å². The molecule has 1 unspecified atom stereocenters. The van der Waals surface area contributed by atoms with Gasteiger partial charge in [0.15, 0.2) is 0 Å². The molecule has 0 spiro atoms. The number of rotatable bonds is 7. The summed E-state index contributed by atoms with van der Waals surface area (Å²) in [6.07, 6.45) is -2.13. The number of hydrogen-bond donors (Lipinski definition) is 1. The maximum absolute atomic E-state index is 14.4. The van der Waals surface area contributed by atoms with E-state index in [0.29, 0.717) is 0 Å². The van der Waals surface area contributed by atoms with Gasteiger partial charge in [0, 0.05) is 46.6 Å². The molecule has 206 valence electrons. The third-order valence-electron chi connectivity index (χ3n) is 6.65. The predicted molar refractivity (Wildman–Crippen MR) is 135 cm³/mol. The van der Waals surface area contributed by atoms with Crippen LogP contribution < -0.4 is 10.2 Å². The van der Waals surface area contributed by atoms with Crippen molar-refractivity contribution in [3.8, 4) is 0 Å². The lowest BCUT2D eigenvalue weighted by atomic mass is 9.87. The smallest absolute Gasteiger partial charge is 0.410 e. The molecule has 39 heavy (non-hydrogen) atoms. The number of carbonyl (C=O) groups is 3. The molecule has 3 atom stereocenters. The molecule has 2 aromatic rings. The average molecular weight is 565 g/mol. The second-order valence-corrected chi connectivity index (χ2v) is 9.72. The molecule has 0 radical (unpaired) electrons. The van der Waals surface area contributed by atoms with Crippen molar-refractivity contribution >= 4 is 35.2 Å². The number of benzene rings is 2. The van der Waals surface area contributed by atoms with Gasteiger partial charge in [-0.05, 0) is 36.2 Å². The molecule has 10 nitrogen and oxygen atoms in total. The summed E-state index contributed by atoms with van der Waals surface area (Å²) >= 11 is 6.43. The van der Waals surface area contributed by atoms with Crippen molar-refractivity contribution in [2.45, 2.75) is 49.4 Å². The molecule has 2 aromatic carbocycles. The Kier molecular flexibility index (Phi) is 8.22. The van der Waals surface area contributed by atoms with Gasteiger partial charge in [-0.15, -0.1) is 0 Å². The number of halogens is 4. The van der Waals surface area contributed by atoms with E-state index in [1.165, 1.54) is 24.3 Å². The number of alkyl halides is 2. The lowest BCUT2D eigenvalue weighted by Gasteiger charge is -2.39. The van der Waals surface area contributed by atoms with Crippen molar-refractivity contribution in [1.29, 1.82) is 0 Å². The van der Waals surface area contributed by atoms with Gasteiger partial charge in [0.25, 0.3) is 11.8 Å². The highest BCUT2D eigenvalue weighted by molar-refractivity contribution is 6.31. The molecule has 14 heteroatoms. The van der Waals surface area contributed by atoms with Crippen molar-refractivity contribution in [3.63, 3.8) is 0 Å². The molecule has 0 bridgehead atoms. The first-order valence-electron chi connectivity index (χ1n) is 11.9. The number of methoxy groups -OCH3 is 1. The van der Waals surface area contributed by atoms with Crippen LogP contribution in [0, 0.1) is 5.82 Å². The molecule has 1 saturated carbocycles. The molecule has 1 saturated heterocycles. The zero-order valence-corrected chi connectivity index (χ0v) is 21.4. The molecule has 1 N–H and O–H groups in total. The topological polar surface area (TPSA) is 128 Å². The highest BCUT2D eigenvalue weighted by Crippen LogP contribution is 2.39. The van der Waals surface area contributed by atoms with Crippen LogP contribution in [0.25, 0.3) is 10.4 Å². The van der Waals surface area contributed by atoms with Gasteiger partial charge in [-0.2, -0.15) is 0 Å². The molecular weight excluding hydrogens is 541 g/mol. The molecule has 2 aliphatic rings. The molecule has 1 heterocycles. The highest BCUT2D eigenvalue weighted by Gasteiger charge is 2.49. The van der Waals surface area contributed by atoms with Crippen LogP contribution in [-0.2, 0) is 14.3 Å². The number of carbonyl (C=O) groups excluding carboxylic acids is 3. The van der Waals surface area contributed by atoms with Gasteiger partial charge >= 0.3 is 6.09 Å². The number of hydrogen-bond acceptors (Lipinski definition) is 5. The molecule has 0 aromatic heterocycles. The normalized spacial score (nSPS) is 20.8. The van der Waals surface area contributed by atoms with Gasteiger partial charge in [0.2, 0.25) is 5.91 Å². The van der Waals surface area contributed by atoms with Crippen molar-refractivity contribution in [1.82, 2.24) is 10.2 Å². The number of anilines is 1. The van der Waals surface area contributed by atoms with Gasteiger partial charge in [-0.25, -0.2) is 18.0 Å². The highest BCUT2D eigenvalue weighted by atomic mass is 35.5. The van der Waals surface area contributed by atoms with Crippen LogP contribution in [0.15, 0.2) is 53.6 Å². The maximum Gasteiger partial charge on any atom is 0.410 e. The van der Waals surface area contributed by atoms with Crippen LogP contribution in [0.2, 0.25) is 5.02 Å². The largest absolute Gasteiger partial charge is 0.453 e. The zero-order chi connectivity index (χ0) is 28.3. The SMILES string of the molecule is COC(=O)N1CC(N=[N+]=[N-])C[C@H]1C(=O)N(c1cccc(F)c1)[C@H](C(=O)NC1CC(F)(F)C1)c1ccccc1Cl. The summed E-state index contributed by atoms with van der Waals surface area (Å²) in [4.78, 5) is 45.2. The molecule has 2 fully saturated rings. The van der Waals surface area contributed by atoms with Gasteiger partial charge in [0.05, 0.1) is 13.2 Å². The van der Waals surface area contributed by atoms with Crippen LogP contribution >= 0.6 is 11.6 Å². The summed E-state index contributed by atoms with van der Waals surface area (Å²) in [7, 11) is 1.11. The standard InChI is InChI=1S/C25H24ClF3N6O4/c1-39-24(38)34-13-15(32-33-30)10-20(34)23(37)35(17-6-4-5-14(27)9-17)21(18-7-2-3-8-19(18)26)22(36)31-16-11-25(28,29)12-16/h2-9,15-16,20-21H,10-13H2,1H3,(H,31,36)/t15?,20-,21-/m0/s1. The molecule has 1 aliphatic heterocycles. The monoisotopic (exact) mass is 564 g/mol. The summed E-state index contributed by atoms with van der Waals surface area (Å²) in [6.45, 7) is -0.135. The predicted octanol–water partition coefficient (Wildman–Crippen LogP) is 4.99. The number of likely N-dealkylation sites (tertiary alicyclic amines) is 1. The van der Waals surface area contributed by atoms with E-state index in [9.17, 15) is 27.6 Å². The van der Waals surface area contributed by atoms with E-state index in [2.05, 4.69) is 15.3 Å². The van der Waals surface area contributed by atoms with Crippen LogP contribution in [-0.4, -0.2) is 60.5 Å². The number of nitrogens with one attached hydrogen (secondary N) is 1. The first-order chi connectivity index (χ1) is 18.5. The summed E-state index contributed by atoms with van der Waals surface area (Å²) in [6, 6.07) is 6.60. The fourth-order valence-corrected chi connectivity index (χ4v) is 5.09. The second kappa shape index (κ2) is 11.4. The van der Waals surface area contributed by atoms with E-state index in [0.717, 1.165) is 29.0 Å². The molecule has 1 aliphatic carbocycles. The lowest BCUT2D eigenvalue weighted by molar-refractivity contribution is -0.133. The van der Waals surface area contributed by atoms with Crippen LogP contribution in [0.1, 0.15) is 30.9 Å². The van der Waals surface area contributed by atoms with Crippen LogP contribution in [0.5, 0.6) is 0 Å². The Hall–Kier alpha value is -3.96. The van der Waals surface area contributed by atoms with Gasteiger partial charge < -0.3 is 10.1 Å². The van der Waals surface area contributed by atoms with E-state index in [1.54, 1.807) is 12.1 Å². The van der Waals surface area contributed by atoms with Gasteiger partial charge in [-0.3, -0.25) is 19.4 Å². The average Bonchev–Trinajstić information content (AvgIpc) is 3.30. The van der Waals surface area contributed by atoms with E-state index in [-0.39, 0.29) is 29.2 Å². The molecule has 4 rings (SSSR count). The minimum atomic E-state index is -2.92. The first kappa shape index (κ1) is 28.1. The van der Waals surface area contributed by atoms with E-state index < -0.39 is 66.7 Å². The molecule has 3 amide bonds. The van der Waals surface area contributed by atoms with Crippen LogP contribution in [0.3, 0.4) is 0 Å². The molecular formula is C25H24ClF3N6O4. The summed E-state index contributed by atoms with van der Waals surface area (Å²) < 4.78 is 46.2. The van der Waals surface area contributed by atoms with E-state index >= 15 is 0 Å². The Labute approximate surface area is 226 Å². The van der Waals surface area contributed by atoms with E-state index in [1.807, 2.05) is 0 Å². The fraction of sp³-hybridized carbons (Fsp3) is 0.400. The third kappa shape index (κ3) is 6.04. The van der Waals surface area contributed by atoms with Crippen molar-refractivity contribution in [2.75, 3.05) is 18.6 Å². The summed E-state index contributed by atoms with van der Waals surface area (Å²) in [5, 5.41) is 6.26. The minimum Gasteiger partial charge on any atom is -0.453 e. The zero-order valence-electron chi connectivity index (χ0n) is 20.6. The Morgan fingerprint density at radius 1 is 1.23 bits per heavy atom. The number of ether oxygens (including phenoxy) is 1. The van der Waals surface area contributed by atoms with Crippen molar-refractivity contribution in [2.24, 2.45) is 5.11 Å². The Morgan fingerprint density at radius 2 is 1.95 bits per heavy atom. The first-order valence-corrected chi connectivity index (χ1v) is 12.3. The Balaban J connectivity index is 1.82. The van der Waals surface area contributed by atoms with Gasteiger partial charge in [-0.1, -0.05) is 41.0 Å². The van der Waals surface area contributed by atoms with E-state index in [4.69, 9.17) is 21.9 Å². The summed E-state index contributed by atoms with van der Waals surface area (Å²) in [5.41, 5.74) is 9.01. The number of nitrogens with zero attached hydrogens (tertiary/aromatic N) is 5. The maximum atomic E-state index is 14.4. The number of azide groups is 1. The minimum absolute atomic E-state index is 0.0453. The number of amides is 3. The van der Waals surface area contributed by atoms with Crippen LogP contribution in [0.4, 0.5) is 23.7 Å². The Bertz CT molecular complexity index is 1320. The Morgan fingerprint density at radius 3 is 2.56 bits per heavy atom.